The lowest BCUT2D eigenvalue weighted by Crippen LogP contribution is -2.41. The van der Waals surface area contributed by atoms with Crippen LogP contribution in [0.15, 0.2) is 24.3 Å². The van der Waals surface area contributed by atoms with Gasteiger partial charge >= 0.3 is 5.97 Å². The summed E-state index contributed by atoms with van der Waals surface area (Å²) in [6.45, 7) is 1.05. The number of nitrogens with zero attached hydrogens (tertiary/aromatic N) is 1. The first-order valence-corrected chi connectivity index (χ1v) is 7.93. The summed E-state index contributed by atoms with van der Waals surface area (Å²) in [5, 5.41) is 11.6. The SMILES string of the molecule is O=C(CN1CCCCCCC1=O)NCc1ccc(C(=O)O)cc1. The van der Waals surface area contributed by atoms with Gasteiger partial charge in [0.05, 0.1) is 12.1 Å². The quantitative estimate of drug-likeness (QED) is 0.866. The molecule has 0 aliphatic carbocycles. The highest BCUT2D eigenvalue weighted by Crippen LogP contribution is 2.11. The first-order valence-electron chi connectivity index (χ1n) is 7.93. The Bertz CT molecular complexity index is 568. The van der Waals surface area contributed by atoms with E-state index in [9.17, 15) is 14.4 Å². The van der Waals surface area contributed by atoms with E-state index in [1.165, 1.54) is 12.1 Å². The third kappa shape index (κ3) is 5.39. The maximum absolute atomic E-state index is 12.0. The van der Waals surface area contributed by atoms with Gasteiger partial charge in [0.1, 0.15) is 0 Å². The molecule has 0 spiro atoms. The van der Waals surface area contributed by atoms with Crippen molar-refractivity contribution in [3.8, 4) is 0 Å². The Kier molecular flexibility index (Phi) is 6.14. The Morgan fingerprint density at radius 2 is 1.78 bits per heavy atom. The lowest BCUT2D eigenvalue weighted by Gasteiger charge is -2.24. The Morgan fingerprint density at radius 3 is 2.48 bits per heavy atom. The van der Waals surface area contributed by atoms with Gasteiger partial charge in [-0.1, -0.05) is 25.0 Å². The smallest absolute Gasteiger partial charge is 0.335 e. The van der Waals surface area contributed by atoms with Crippen LogP contribution in [0, 0.1) is 0 Å². The average molecular weight is 318 g/mol. The maximum Gasteiger partial charge on any atom is 0.335 e. The Balaban J connectivity index is 1.81. The third-order valence-corrected chi connectivity index (χ3v) is 3.95. The molecule has 2 amide bonds. The zero-order valence-corrected chi connectivity index (χ0v) is 13.1. The van der Waals surface area contributed by atoms with E-state index in [0.717, 1.165) is 31.2 Å². The molecule has 1 aromatic rings. The van der Waals surface area contributed by atoms with Crippen molar-refractivity contribution in [2.45, 2.75) is 38.6 Å². The van der Waals surface area contributed by atoms with Crippen molar-refractivity contribution in [2.24, 2.45) is 0 Å². The van der Waals surface area contributed by atoms with Crippen molar-refractivity contribution in [1.82, 2.24) is 10.2 Å². The fraction of sp³-hybridized carbons (Fsp3) is 0.471. The summed E-state index contributed by atoms with van der Waals surface area (Å²) in [6, 6.07) is 6.35. The van der Waals surface area contributed by atoms with E-state index in [-0.39, 0.29) is 23.9 Å². The Hall–Kier alpha value is -2.37. The van der Waals surface area contributed by atoms with Gasteiger partial charge in [0.25, 0.3) is 0 Å². The normalized spacial score (nSPS) is 15.7. The van der Waals surface area contributed by atoms with E-state index in [2.05, 4.69) is 5.32 Å². The number of carboxylic acid groups (broad SMARTS) is 1. The molecule has 1 aromatic carbocycles. The van der Waals surface area contributed by atoms with E-state index in [1.54, 1.807) is 17.0 Å². The molecule has 0 radical (unpaired) electrons. The Morgan fingerprint density at radius 1 is 1.09 bits per heavy atom. The van der Waals surface area contributed by atoms with E-state index in [1.807, 2.05) is 0 Å². The highest BCUT2D eigenvalue weighted by molar-refractivity contribution is 5.87. The number of likely N-dealkylation sites (tertiary alicyclic amines) is 1. The van der Waals surface area contributed by atoms with Gasteiger partial charge in [-0.3, -0.25) is 9.59 Å². The maximum atomic E-state index is 12.0. The van der Waals surface area contributed by atoms with Crippen molar-refractivity contribution >= 4 is 17.8 Å². The van der Waals surface area contributed by atoms with Crippen LogP contribution in [0.2, 0.25) is 0 Å². The summed E-state index contributed by atoms with van der Waals surface area (Å²) >= 11 is 0. The molecule has 0 bridgehead atoms. The van der Waals surface area contributed by atoms with Crippen molar-refractivity contribution in [1.29, 1.82) is 0 Å². The predicted molar refractivity (Wildman–Crippen MR) is 84.9 cm³/mol. The van der Waals surface area contributed by atoms with Crippen LogP contribution in [0.3, 0.4) is 0 Å². The summed E-state index contributed by atoms with van der Waals surface area (Å²) in [4.78, 5) is 36.4. The van der Waals surface area contributed by atoms with Crippen LogP contribution in [0.5, 0.6) is 0 Å². The average Bonchev–Trinajstić information content (AvgIpc) is 2.53. The minimum Gasteiger partial charge on any atom is -0.478 e. The van der Waals surface area contributed by atoms with Crippen LogP contribution in [-0.2, 0) is 16.1 Å². The number of aromatic carboxylic acids is 1. The van der Waals surface area contributed by atoms with Crippen molar-refractivity contribution < 1.29 is 19.5 Å². The van der Waals surface area contributed by atoms with E-state index >= 15 is 0 Å². The topological polar surface area (TPSA) is 86.7 Å². The molecule has 6 nitrogen and oxygen atoms in total. The fourth-order valence-electron chi connectivity index (χ4n) is 2.58. The second-order valence-electron chi connectivity index (χ2n) is 5.76. The number of hydrogen-bond donors (Lipinski definition) is 2. The number of amides is 2. The summed E-state index contributed by atoms with van der Waals surface area (Å²) in [5.41, 5.74) is 1.04. The first kappa shape index (κ1) is 17.0. The minimum absolute atomic E-state index is 0.0469. The van der Waals surface area contributed by atoms with Crippen molar-refractivity contribution in [2.75, 3.05) is 13.1 Å². The van der Waals surface area contributed by atoms with Crippen LogP contribution in [0.25, 0.3) is 0 Å². The van der Waals surface area contributed by atoms with Crippen LogP contribution in [-0.4, -0.2) is 40.9 Å². The number of nitrogens with one attached hydrogen (secondary N) is 1. The monoisotopic (exact) mass is 318 g/mol. The summed E-state index contributed by atoms with van der Waals surface area (Å²) < 4.78 is 0. The molecule has 124 valence electrons. The highest BCUT2D eigenvalue weighted by Gasteiger charge is 2.18. The van der Waals surface area contributed by atoms with Gasteiger partial charge in [-0.15, -0.1) is 0 Å². The molecular weight excluding hydrogens is 296 g/mol. The predicted octanol–water partition coefficient (Wildman–Crippen LogP) is 1.79. The Labute approximate surface area is 135 Å². The molecule has 2 N–H and O–H groups in total. The van der Waals surface area contributed by atoms with E-state index in [4.69, 9.17) is 5.11 Å². The number of carbonyl (C=O) groups is 3. The molecule has 1 aliphatic rings. The lowest BCUT2D eigenvalue weighted by molar-refractivity contribution is -0.136. The van der Waals surface area contributed by atoms with Crippen LogP contribution >= 0.6 is 0 Å². The van der Waals surface area contributed by atoms with Gasteiger partial charge in [-0.2, -0.15) is 0 Å². The van der Waals surface area contributed by atoms with Crippen LogP contribution < -0.4 is 5.32 Å². The first-order chi connectivity index (χ1) is 11.1. The van der Waals surface area contributed by atoms with Crippen LogP contribution in [0.4, 0.5) is 0 Å². The summed E-state index contributed by atoms with van der Waals surface area (Å²) in [7, 11) is 0. The molecule has 0 atom stereocenters. The molecule has 1 heterocycles. The van der Waals surface area contributed by atoms with Gasteiger partial charge in [0.2, 0.25) is 11.8 Å². The number of hydrogen-bond acceptors (Lipinski definition) is 3. The molecule has 1 fully saturated rings. The van der Waals surface area contributed by atoms with Gasteiger partial charge in [-0.05, 0) is 30.5 Å². The largest absolute Gasteiger partial charge is 0.478 e. The standard InChI is InChI=1S/C17H22N2O4/c20-15(12-19-10-4-2-1-3-5-16(19)21)18-11-13-6-8-14(9-7-13)17(22)23/h6-9H,1-5,10-12H2,(H,18,20)(H,22,23). The molecule has 6 heteroatoms. The molecule has 0 aromatic heterocycles. The number of benzene rings is 1. The van der Waals surface area contributed by atoms with Gasteiger partial charge in [0.15, 0.2) is 0 Å². The van der Waals surface area contributed by atoms with Gasteiger partial charge in [0, 0.05) is 19.5 Å². The second kappa shape index (κ2) is 8.31. The van der Waals surface area contributed by atoms with Gasteiger partial charge < -0.3 is 15.3 Å². The molecule has 0 unspecified atom stereocenters. The molecule has 0 saturated carbocycles. The molecular formula is C17H22N2O4. The number of carbonyl (C=O) groups excluding carboxylic acids is 2. The summed E-state index contributed by atoms with van der Waals surface area (Å²) in [6.07, 6.45) is 4.53. The molecule has 2 rings (SSSR count). The lowest BCUT2D eigenvalue weighted by atomic mass is 10.1. The zero-order valence-electron chi connectivity index (χ0n) is 13.1. The van der Waals surface area contributed by atoms with Crippen molar-refractivity contribution in [3.05, 3.63) is 35.4 Å². The zero-order chi connectivity index (χ0) is 16.7. The number of rotatable bonds is 5. The molecule has 1 saturated heterocycles. The summed E-state index contributed by atoms with van der Waals surface area (Å²) in [5.74, 6) is -1.12. The fourth-order valence-corrected chi connectivity index (χ4v) is 2.58. The third-order valence-electron chi connectivity index (χ3n) is 3.95. The minimum atomic E-state index is -0.976. The highest BCUT2D eigenvalue weighted by atomic mass is 16.4. The second-order valence-corrected chi connectivity index (χ2v) is 5.76. The van der Waals surface area contributed by atoms with Crippen molar-refractivity contribution in [3.63, 3.8) is 0 Å². The molecule has 1 aliphatic heterocycles. The number of carboxylic acids is 1. The van der Waals surface area contributed by atoms with E-state index in [0.29, 0.717) is 19.5 Å². The van der Waals surface area contributed by atoms with E-state index < -0.39 is 5.97 Å². The molecule has 23 heavy (non-hydrogen) atoms. The van der Waals surface area contributed by atoms with Gasteiger partial charge in [-0.25, -0.2) is 4.79 Å². The van der Waals surface area contributed by atoms with Crippen LogP contribution in [0.1, 0.15) is 48.0 Å².